The number of amides is 2. The maximum atomic E-state index is 12.4. The van der Waals surface area contributed by atoms with Crippen molar-refractivity contribution < 1.29 is 14.7 Å². The molecule has 1 aromatic rings. The molecule has 6 heteroatoms. The van der Waals surface area contributed by atoms with E-state index in [4.69, 9.17) is 5.11 Å². The summed E-state index contributed by atoms with van der Waals surface area (Å²) in [5, 5.41) is 14.0. The smallest absolute Gasteiger partial charge is 0.318 e. The summed E-state index contributed by atoms with van der Waals surface area (Å²) >= 11 is 1.64. The number of nitrogens with one attached hydrogen (secondary N) is 1. The second-order valence-electron chi connectivity index (χ2n) is 5.39. The maximum absolute atomic E-state index is 12.4. The van der Waals surface area contributed by atoms with E-state index in [0.29, 0.717) is 6.54 Å². The van der Waals surface area contributed by atoms with Crippen molar-refractivity contribution in [3.05, 3.63) is 22.4 Å². The van der Waals surface area contributed by atoms with E-state index in [1.54, 1.807) is 16.2 Å². The van der Waals surface area contributed by atoms with Crippen LogP contribution in [0.3, 0.4) is 0 Å². The molecule has 2 unspecified atom stereocenters. The van der Waals surface area contributed by atoms with Gasteiger partial charge in [0, 0.05) is 17.5 Å². The average molecular weight is 310 g/mol. The summed E-state index contributed by atoms with van der Waals surface area (Å²) in [6.07, 6.45) is 3.57. The zero-order valence-electron chi connectivity index (χ0n) is 12.2. The molecule has 116 valence electrons. The van der Waals surface area contributed by atoms with Crippen LogP contribution in [0, 0.1) is 0 Å². The first-order valence-electron chi connectivity index (χ1n) is 7.44. The molecule has 2 heterocycles. The van der Waals surface area contributed by atoms with Crippen molar-refractivity contribution in [2.45, 2.75) is 51.1 Å². The van der Waals surface area contributed by atoms with E-state index in [1.807, 2.05) is 17.5 Å². The van der Waals surface area contributed by atoms with Gasteiger partial charge in [-0.15, -0.1) is 11.3 Å². The highest BCUT2D eigenvalue weighted by Gasteiger charge is 2.31. The predicted molar refractivity (Wildman–Crippen MR) is 82.5 cm³/mol. The van der Waals surface area contributed by atoms with Crippen molar-refractivity contribution in [1.82, 2.24) is 10.2 Å². The van der Waals surface area contributed by atoms with E-state index >= 15 is 0 Å². The monoisotopic (exact) mass is 310 g/mol. The number of carboxylic acids is 1. The summed E-state index contributed by atoms with van der Waals surface area (Å²) < 4.78 is 0. The molecular formula is C15H22N2O3S. The Morgan fingerprint density at radius 2 is 2.38 bits per heavy atom. The molecule has 2 N–H and O–H groups in total. The van der Waals surface area contributed by atoms with E-state index in [-0.39, 0.29) is 24.5 Å². The highest BCUT2D eigenvalue weighted by atomic mass is 32.1. The van der Waals surface area contributed by atoms with Gasteiger partial charge in [0.05, 0.1) is 12.5 Å². The van der Waals surface area contributed by atoms with Crippen LogP contribution < -0.4 is 5.32 Å². The summed E-state index contributed by atoms with van der Waals surface area (Å²) in [6.45, 7) is 2.74. The van der Waals surface area contributed by atoms with Crippen molar-refractivity contribution in [1.29, 1.82) is 0 Å². The minimum absolute atomic E-state index is 0.0218. The average Bonchev–Trinajstić information content (AvgIpc) is 3.08. The van der Waals surface area contributed by atoms with Crippen LogP contribution >= 0.6 is 11.3 Å². The number of urea groups is 1. The predicted octanol–water partition coefficient (Wildman–Crippen LogP) is 3.24. The lowest BCUT2D eigenvalue weighted by Crippen LogP contribution is -2.44. The van der Waals surface area contributed by atoms with Crippen LogP contribution in [0.2, 0.25) is 0 Å². The highest BCUT2D eigenvalue weighted by Crippen LogP contribution is 2.25. The van der Waals surface area contributed by atoms with E-state index < -0.39 is 5.97 Å². The Hall–Kier alpha value is -1.56. The Bertz CT molecular complexity index is 475. The summed E-state index contributed by atoms with van der Waals surface area (Å²) in [5.74, 6) is -0.844. The van der Waals surface area contributed by atoms with Crippen LogP contribution in [0.4, 0.5) is 4.79 Å². The number of thiophene rings is 1. The molecular weight excluding hydrogens is 288 g/mol. The third-order valence-electron chi connectivity index (χ3n) is 3.81. The zero-order valence-corrected chi connectivity index (χ0v) is 13.1. The molecule has 0 aliphatic carbocycles. The second-order valence-corrected chi connectivity index (χ2v) is 6.37. The quantitative estimate of drug-likeness (QED) is 0.847. The molecule has 0 aromatic carbocycles. The van der Waals surface area contributed by atoms with Gasteiger partial charge in [0.2, 0.25) is 0 Å². The summed E-state index contributed by atoms with van der Waals surface area (Å²) in [5.41, 5.74) is 0. The molecule has 5 nitrogen and oxygen atoms in total. The molecule has 2 amide bonds. The SMILES string of the molecule is CCCC(NC(=O)N1CCCC1CC(=O)O)c1cccs1. The number of carbonyl (C=O) groups excluding carboxylic acids is 1. The van der Waals surface area contributed by atoms with E-state index in [1.165, 1.54) is 0 Å². The van der Waals surface area contributed by atoms with Gasteiger partial charge in [0.15, 0.2) is 0 Å². The lowest BCUT2D eigenvalue weighted by molar-refractivity contribution is -0.137. The molecule has 0 radical (unpaired) electrons. The Morgan fingerprint density at radius 1 is 1.57 bits per heavy atom. The van der Waals surface area contributed by atoms with Gasteiger partial charge in [0.25, 0.3) is 0 Å². The second kappa shape index (κ2) is 7.45. The summed E-state index contributed by atoms with van der Waals surface area (Å²) in [4.78, 5) is 26.2. The number of nitrogens with zero attached hydrogens (tertiary/aromatic N) is 1. The van der Waals surface area contributed by atoms with Gasteiger partial charge >= 0.3 is 12.0 Å². The van der Waals surface area contributed by atoms with E-state index in [9.17, 15) is 9.59 Å². The molecule has 21 heavy (non-hydrogen) atoms. The number of carboxylic acid groups (broad SMARTS) is 1. The molecule has 2 atom stereocenters. The first-order valence-corrected chi connectivity index (χ1v) is 8.32. The molecule has 1 fully saturated rings. The van der Waals surface area contributed by atoms with Crippen molar-refractivity contribution in [3.8, 4) is 0 Å². The Morgan fingerprint density at radius 3 is 3.00 bits per heavy atom. The lowest BCUT2D eigenvalue weighted by Gasteiger charge is -2.26. The van der Waals surface area contributed by atoms with Crippen molar-refractivity contribution >= 4 is 23.3 Å². The fourth-order valence-corrected chi connectivity index (χ4v) is 3.63. The van der Waals surface area contributed by atoms with Crippen LogP contribution in [0.25, 0.3) is 0 Å². The normalized spacial score (nSPS) is 19.5. The third kappa shape index (κ3) is 4.20. The Balaban J connectivity index is 1.99. The highest BCUT2D eigenvalue weighted by molar-refractivity contribution is 7.10. The molecule has 1 aliphatic heterocycles. The van der Waals surface area contributed by atoms with Crippen molar-refractivity contribution in [3.63, 3.8) is 0 Å². The van der Waals surface area contributed by atoms with Gasteiger partial charge in [-0.25, -0.2) is 4.79 Å². The van der Waals surface area contributed by atoms with Gasteiger partial charge in [-0.05, 0) is 30.7 Å². The van der Waals surface area contributed by atoms with Crippen LogP contribution in [0.5, 0.6) is 0 Å². The molecule has 0 saturated carbocycles. The van der Waals surface area contributed by atoms with Crippen LogP contribution in [-0.4, -0.2) is 34.6 Å². The van der Waals surface area contributed by atoms with Crippen molar-refractivity contribution in [2.24, 2.45) is 0 Å². The Kier molecular flexibility index (Phi) is 5.61. The number of aliphatic carboxylic acids is 1. The largest absolute Gasteiger partial charge is 0.481 e. The number of rotatable bonds is 6. The summed E-state index contributed by atoms with van der Waals surface area (Å²) in [7, 11) is 0. The standard InChI is InChI=1S/C15H22N2O3S/c1-2-5-12(13-7-4-9-21-13)16-15(20)17-8-3-6-11(17)10-14(18)19/h4,7,9,11-12H,2-3,5-6,8,10H2,1H3,(H,16,20)(H,18,19). The molecule has 0 bridgehead atoms. The van der Waals surface area contributed by atoms with Gasteiger partial charge in [0.1, 0.15) is 0 Å². The minimum atomic E-state index is -0.844. The first kappa shape index (κ1) is 15.8. The summed E-state index contributed by atoms with van der Waals surface area (Å²) in [6, 6.07) is 3.73. The third-order valence-corrected chi connectivity index (χ3v) is 4.80. The van der Waals surface area contributed by atoms with Gasteiger partial charge in [-0.1, -0.05) is 19.4 Å². The first-order chi connectivity index (χ1) is 10.1. The van der Waals surface area contributed by atoms with Crippen LogP contribution in [0.15, 0.2) is 17.5 Å². The molecule has 0 spiro atoms. The Labute approximate surface area is 129 Å². The molecule has 2 rings (SSSR count). The maximum Gasteiger partial charge on any atom is 0.318 e. The van der Waals surface area contributed by atoms with Gasteiger partial charge in [-0.2, -0.15) is 0 Å². The number of likely N-dealkylation sites (tertiary alicyclic amines) is 1. The number of hydrogen-bond acceptors (Lipinski definition) is 3. The molecule has 1 saturated heterocycles. The van der Waals surface area contributed by atoms with Crippen LogP contribution in [-0.2, 0) is 4.79 Å². The zero-order chi connectivity index (χ0) is 15.2. The van der Waals surface area contributed by atoms with E-state index in [0.717, 1.165) is 30.6 Å². The minimum Gasteiger partial charge on any atom is -0.481 e. The lowest BCUT2D eigenvalue weighted by atomic mass is 10.1. The van der Waals surface area contributed by atoms with Crippen LogP contribution in [0.1, 0.15) is 49.9 Å². The number of carbonyl (C=O) groups is 2. The van der Waals surface area contributed by atoms with Gasteiger partial charge < -0.3 is 15.3 Å². The number of hydrogen-bond donors (Lipinski definition) is 2. The molecule has 1 aliphatic rings. The fourth-order valence-electron chi connectivity index (χ4n) is 2.81. The van der Waals surface area contributed by atoms with Crippen molar-refractivity contribution in [2.75, 3.05) is 6.54 Å². The van der Waals surface area contributed by atoms with E-state index in [2.05, 4.69) is 12.2 Å². The topological polar surface area (TPSA) is 69.6 Å². The van der Waals surface area contributed by atoms with Gasteiger partial charge in [-0.3, -0.25) is 4.79 Å². The molecule has 1 aromatic heterocycles. The fraction of sp³-hybridized carbons (Fsp3) is 0.600.